The normalized spacial score (nSPS) is 10.7. The molecule has 21 heavy (non-hydrogen) atoms. The van der Waals surface area contributed by atoms with Crippen LogP contribution < -0.4 is 5.32 Å². The molecule has 1 heterocycles. The first-order chi connectivity index (χ1) is 10.3. The maximum atomic E-state index is 5.11. The molecule has 0 aliphatic carbocycles. The molecule has 4 nitrogen and oxygen atoms in total. The van der Waals surface area contributed by atoms with E-state index in [4.69, 9.17) is 4.74 Å². The molecular formula is C17H17N3O. The van der Waals surface area contributed by atoms with Gasteiger partial charge in [-0.1, -0.05) is 24.3 Å². The van der Waals surface area contributed by atoms with E-state index in [0.717, 1.165) is 23.3 Å². The molecule has 4 heteroatoms. The molecule has 0 radical (unpaired) electrons. The van der Waals surface area contributed by atoms with Crippen LogP contribution in [0.2, 0.25) is 0 Å². The van der Waals surface area contributed by atoms with Crippen molar-refractivity contribution in [3.8, 4) is 0 Å². The summed E-state index contributed by atoms with van der Waals surface area (Å²) in [5, 5.41) is 3.41. The van der Waals surface area contributed by atoms with Gasteiger partial charge in [0.25, 0.3) is 0 Å². The molecule has 0 atom stereocenters. The average molecular weight is 279 g/mol. The second-order valence-corrected chi connectivity index (χ2v) is 4.86. The van der Waals surface area contributed by atoms with Crippen molar-refractivity contribution >= 4 is 16.7 Å². The first kappa shape index (κ1) is 13.5. The van der Waals surface area contributed by atoms with Crippen LogP contribution in [-0.4, -0.2) is 17.1 Å². The van der Waals surface area contributed by atoms with Crippen LogP contribution in [-0.2, 0) is 17.9 Å². The molecule has 0 fully saturated rings. The molecule has 0 aliphatic heterocycles. The van der Waals surface area contributed by atoms with Crippen molar-refractivity contribution in [2.24, 2.45) is 0 Å². The lowest BCUT2D eigenvalue weighted by Gasteiger charge is -2.08. The molecule has 0 unspecified atom stereocenters. The number of aromatic nitrogens is 2. The van der Waals surface area contributed by atoms with Crippen molar-refractivity contribution in [2.75, 3.05) is 12.4 Å². The maximum absolute atomic E-state index is 5.11. The van der Waals surface area contributed by atoms with Crippen molar-refractivity contribution in [3.63, 3.8) is 0 Å². The van der Waals surface area contributed by atoms with Crippen LogP contribution in [0, 0.1) is 0 Å². The Morgan fingerprint density at radius 1 is 0.905 bits per heavy atom. The van der Waals surface area contributed by atoms with Gasteiger partial charge >= 0.3 is 0 Å². The number of anilines is 1. The number of nitrogens with one attached hydrogen (secondary N) is 1. The largest absolute Gasteiger partial charge is 0.381 e. The van der Waals surface area contributed by atoms with E-state index in [1.165, 1.54) is 11.1 Å². The highest BCUT2D eigenvalue weighted by Gasteiger charge is 1.99. The first-order valence-corrected chi connectivity index (χ1v) is 6.86. The summed E-state index contributed by atoms with van der Waals surface area (Å²) in [6.07, 6.45) is 3.41. The number of hydrogen-bond acceptors (Lipinski definition) is 4. The number of nitrogens with zero attached hydrogens (tertiary/aromatic N) is 2. The zero-order chi connectivity index (χ0) is 14.5. The Labute approximate surface area is 123 Å². The minimum Gasteiger partial charge on any atom is -0.381 e. The van der Waals surface area contributed by atoms with Crippen LogP contribution in [0.4, 0.5) is 5.69 Å². The van der Waals surface area contributed by atoms with E-state index in [1.807, 2.05) is 18.2 Å². The smallest absolute Gasteiger partial charge is 0.0907 e. The van der Waals surface area contributed by atoms with Crippen LogP contribution in [0.15, 0.2) is 54.9 Å². The second kappa shape index (κ2) is 6.33. The third-order valence-corrected chi connectivity index (χ3v) is 3.30. The summed E-state index contributed by atoms with van der Waals surface area (Å²) in [7, 11) is 1.71. The van der Waals surface area contributed by atoms with Gasteiger partial charge in [0.1, 0.15) is 0 Å². The highest BCUT2D eigenvalue weighted by molar-refractivity contribution is 5.78. The van der Waals surface area contributed by atoms with Gasteiger partial charge in [-0.25, -0.2) is 0 Å². The van der Waals surface area contributed by atoms with Crippen molar-refractivity contribution in [1.29, 1.82) is 0 Å². The van der Waals surface area contributed by atoms with Crippen molar-refractivity contribution in [1.82, 2.24) is 9.97 Å². The molecule has 0 spiro atoms. The minimum atomic E-state index is 0.650. The molecular weight excluding hydrogens is 262 g/mol. The minimum absolute atomic E-state index is 0.650. The van der Waals surface area contributed by atoms with Gasteiger partial charge in [-0.05, 0) is 29.3 Å². The number of hydrogen-bond donors (Lipinski definition) is 1. The molecule has 0 bridgehead atoms. The van der Waals surface area contributed by atoms with Crippen molar-refractivity contribution < 1.29 is 4.74 Å². The average Bonchev–Trinajstić information content (AvgIpc) is 2.54. The second-order valence-electron chi connectivity index (χ2n) is 4.86. The SMILES string of the molecule is COCc1ccc(CNc2ccc3nccnc3c2)cc1. The highest BCUT2D eigenvalue weighted by atomic mass is 16.5. The molecule has 2 aromatic carbocycles. The predicted octanol–water partition coefficient (Wildman–Crippen LogP) is 3.39. The zero-order valence-electron chi connectivity index (χ0n) is 11.9. The van der Waals surface area contributed by atoms with Crippen LogP contribution in [0.5, 0.6) is 0 Å². The third kappa shape index (κ3) is 3.35. The van der Waals surface area contributed by atoms with E-state index < -0.39 is 0 Å². The van der Waals surface area contributed by atoms with E-state index >= 15 is 0 Å². The number of methoxy groups -OCH3 is 1. The Hall–Kier alpha value is -2.46. The number of benzene rings is 2. The molecule has 3 aromatic rings. The molecule has 0 saturated heterocycles. The third-order valence-electron chi connectivity index (χ3n) is 3.30. The fourth-order valence-electron chi connectivity index (χ4n) is 2.20. The zero-order valence-corrected chi connectivity index (χ0v) is 11.9. The molecule has 0 amide bonds. The van der Waals surface area contributed by atoms with E-state index in [1.54, 1.807) is 19.5 Å². The lowest BCUT2D eigenvalue weighted by atomic mass is 10.1. The van der Waals surface area contributed by atoms with Gasteiger partial charge in [0.2, 0.25) is 0 Å². The molecule has 0 aliphatic rings. The monoisotopic (exact) mass is 279 g/mol. The van der Waals surface area contributed by atoms with Crippen molar-refractivity contribution in [3.05, 3.63) is 66.0 Å². The van der Waals surface area contributed by atoms with Crippen LogP contribution in [0.3, 0.4) is 0 Å². The first-order valence-electron chi connectivity index (χ1n) is 6.86. The quantitative estimate of drug-likeness (QED) is 0.777. The Balaban J connectivity index is 1.68. The van der Waals surface area contributed by atoms with E-state index in [9.17, 15) is 0 Å². The van der Waals surface area contributed by atoms with Crippen LogP contribution in [0.1, 0.15) is 11.1 Å². The lowest BCUT2D eigenvalue weighted by molar-refractivity contribution is 0.185. The summed E-state index contributed by atoms with van der Waals surface area (Å²) in [6.45, 7) is 1.43. The molecule has 106 valence electrons. The van der Waals surface area contributed by atoms with Crippen LogP contribution >= 0.6 is 0 Å². The Morgan fingerprint density at radius 3 is 2.38 bits per heavy atom. The van der Waals surface area contributed by atoms with Gasteiger partial charge in [-0.15, -0.1) is 0 Å². The van der Waals surface area contributed by atoms with Gasteiger partial charge in [0.05, 0.1) is 17.6 Å². The fourth-order valence-corrected chi connectivity index (χ4v) is 2.20. The Bertz CT molecular complexity index is 725. The fraction of sp³-hybridized carbons (Fsp3) is 0.176. The molecule has 0 saturated carbocycles. The predicted molar refractivity (Wildman–Crippen MR) is 84.0 cm³/mol. The van der Waals surface area contributed by atoms with Gasteiger partial charge < -0.3 is 10.1 Å². The summed E-state index contributed by atoms with van der Waals surface area (Å²) in [5.74, 6) is 0. The summed E-state index contributed by atoms with van der Waals surface area (Å²) >= 11 is 0. The Morgan fingerprint density at radius 2 is 1.62 bits per heavy atom. The van der Waals surface area contributed by atoms with Gasteiger partial charge in [-0.2, -0.15) is 0 Å². The highest BCUT2D eigenvalue weighted by Crippen LogP contribution is 2.16. The number of rotatable bonds is 5. The summed E-state index contributed by atoms with van der Waals surface area (Å²) < 4.78 is 5.11. The lowest BCUT2D eigenvalue weighted by Crippen LogP contribution is -2.00. The summed E-state index contributed by atoms with van der Waals surface area (Å²) in [5.41, 5.74) is 5.27. The van der Waals surface area contributed by atoms with Crippen LogP contribution in [0.25, 0.3) is 11.0 Å². The van der Waals surface area contributed by atoms with Gasteiger partial charge in [-0.3, -0.25) is 9.97 Å². The van der Waals surface area contributed by atoms with Gasteiger partial charge in [0, 0.05) is 31.7 Å². The standard InChI is InChI=1S/C17H17N3O/c1-21-12-14-4-2-13(3-5-14)11-20-15-6-7-16-17(10-15)19-9-8-18-16/h2-10,20H,11-12H2,1H3. The van der Waals surface area contributed by atoms with E-state index in [2.05, 4.69) is 39.6 Å². The molecule has 1 N–H and O–H groups in total. The van der Waals surface area contributed by atoms with E-state index in [0.29, 0.717) is 6.61 Å². The summed E-state index contributed by atoms with van der Waals surface area (Å²) in [4.78, 5) is 8.58. The number of fused-ring (bicyclic) bond motifs is 1. The van der Waals surface area contributed by atoms with Crippen molar-refractivity contribution in [2.45, 2.75) is 13.2 Å². The number of ether oxygens (including phenoxy) is 1. The Kier molecular flexibility index (Phi) is 4.07. The maximum Gasteiger partial charge on any atom is 0.0907 e. The topological polar surface area (TPSA) is 47.0 Å². The van der Waals surface area contributed by atoms with Gasteiger partial charge in [0.15, 0.2) is 0 Å². The van der Waals surface area contributed by atoms with E-state index in [-0.39, 0.29) is 0 Å². The summed E-state index contributed by atoms with van der Waals surface area (Å²) in [6, 6.07) is 14.4. The molecule has 3 rings (SSSR count). The molecule has 1 aromatic heterocycles.